The highest BCUT2D eigenvalue weighted by molar-refractivity contribution is 5.91. The molecule has 2 aromatic rings. The van der Waals surface area contributed by atoms with Crippen LogP contribution in [0.4, 0.5) is 5.95 Å². The second-order valence-electron chi connectivity index (χ2n) is 4.89. The lowest BCUT2D eigenvalue weighted by Crippen LogP contribution is -2.23. The lowest BCUT2D eigenvalue weighted by atomic mass is 10.2. The van der Waals surface area contributed by atoms with Crippen molar-refractivity contribution in [2.45, 2.75) is 6.54 Å². The van der Waals surface area contributed by atoms with Crippen molar-refractivity contribution in [1.82, 2.24) is 20.3 Å². The van der Waals surface area contributed by atoms with Crippen LogP contribution in [0.5, 0.6) is 6.01 Å². The molecule has 0 spiro atoms. The third kappa shape index (κ3) is 5.06. The van der Waals surface area contributed by atoms with E-state index >= 15 is 0 Å². The van der Waals surface area contributed by atoms with Crippen molar-refractivity contribution in [2.75, 3.05) is 26.1 Å². The molecule has 23 heavy (non-hydrogen) atoms. The van der Waals surface area contributed by atoms with Gasteiger partial charge in [0, 0.05) is 20.2 Å². The molecule has 0 unspecified atom stereocenters. The standard InChI is InChI=1S/C16H19N5O2/c1-21(2)15-18-13(19-16(20-15)23-3)11-17-14(22)10-9-12-7-5-4-6-8-12/h4-10H,11H2,1-3H3,(H,17,22)/b10-9+. The molecule has 0 bridgehead atoms. The number of carbonyl (C=O) groups excluding carboxylic acids is 1. The second-order valence-corrected chi connectivity index (χ2v) is 4.89. The highest BCUT2D eigenvalue weighted by atomic mass is 16.5. The van der Waals surface area contributed by atoms with Gasteiger partial charge in [0.2, 0.25) is 11.9 Å². The number of hydrogen-bond donors (Lipinski definition) is 1. The summed E-state index contributed by atoms with van der Waals surface area (Å²) in [5.74, 6) is 0.683. The monoisotopic (exact) mass is 313 g/mol. The van der Waals surface area contributed by atoms with Gasteiger partial charge in [0.25, 0.3) is 0 Å². The molecule has 0 atom stereocenters. The van der Waals surface area contributed by atoms with E-state index in [-0.39, 0.29) is 18.5 Å². The normalized spacial score (nSPS) is 10.6. The van der Waals surface area contributed by atoms with E-state index in [0.717, 1.165) is 5.56 Å². The number of benzene rings is 1. The third-order valence-electron chi connectivity index (χ3n) is 2.88. The van der Waals surface area contributed by atoms with Gasteiger partial charge in [-0.25, -0.2) is 0 Å². The Balaban J connectivity index is 1.98. The summed E-state index contributed by atoms with van der Waals surface area (Å²) in [6.45, 7) is 0.192. The van der Waals surface area contributed by atoms with Gasteiger partial charge in [-0.05, 0) is 11.6 Å². The number of methoxy groups -OCH3 is 1. The molecule has 7 nitrogen and oxygen atoms in total. The molecule has 120 valence electrons. The molecule has 0 aliphatic heterocycles. The molecule has 1 N–H and O–H groups in total. The van der Waals surface area contributed by atoms with Gasteiger partial charge in [-0.15, -0.1) is 0 Å². The van der Waals surface area contributed by atoms with Gasteiger partial charge in [0.1, 0.15) is 0 Å². The summed E-state index contributed by atoms with van der Waals surface area (Å²) in [7, 11) is 5.12. The predicted molar refractivity (Wildman–Crippen MR) is 88.0 cm³/mol. The zero-order valence-corrected chi connectivity index (χ0v) is 13.4. The van der Waals surface area contributed by atoms with Crippen LogP contribution in [0.25, 0.3) is 6.08 Å². The lowest BCUT2D eigenvalue weighted by molar-refractivity contribution is -0.116. The molecule has 7 heteroatoms. The SMILES string of the molecule is COc1nc(CNC(=O)/C=C/c2ccccc2)nc(N(C)C)n1. The summed E-state index contributed by atoms with van der Waals surface area (Å²) >= 11 is 0. The summed E-state index contributed by atoms with van der Waals surface area (Å²) in [6, 6.07) is 9.81. The van der Waals surface area contributed by atoms with Crippen molar-refractivity contribution >= 4 is 17.9 Å². The summed E-state index contributed by atoms with van der Waals surface area (Å²) in [5, 5.41) is 2.73. The molecule has 2 rings (SSSR count). The fourth-order valence-electron chi connectivity index (χ4n) is 1.72. The first kappa shape index (κ1) is 16.4. The molecule has 0 fully saturated rings. The first-order valence-corrected chi connectivity index (χ1v) is 7.05. The van der Waals surface area contributed by atoms with E-state index in [1.54, 1.807) is 11.0 Å². The Kier molecular flexibility index (Phi) is 5.62. The summed E-state index contributed by atoms with van der Waals surface area (Å²) < 4.78 is 5.04. The molecule has 1 aromatic heterocycles. The zero-order valence-electron chi connectivity index (χ0n) is 13.4. The minimum atomic E-state index is -0.223. The van der Waals surface area contributed by atoms with Crippen molar-refractivity contribution in [3.05, 3.63) is 47.8 Å². The quantitative estimate of drug-likeness (QED) is 0.809. The Labute approximate surface area is 135 Å². The number of nitrogens with one attached hydrogen (secondary N) is 1. The van der Waals surface area contributed by atoms with E-state index in [1.165, 1.54) is 13.2 Å². The molecule has 0 saturated carbocycles. The van der Waals surface area contributed by atoms with Gasteiger partial charge in [-0.3, -0.25) is 4.79 Å². The van der Waals surface area contributed by atoms with E-state index < -0.39 is 0 Å². The third-order valence-corrected chi connectivity index (χ3v) is 2.88. The van der Waals surface area contributed by atoms with Gasteiger partial charge >= 0.3 is 6.01 Å². The van der Waals surface area contributed by atoms with Gasteiger partial charge in [-0.2, -0.15) is 15.0 Å². The number of anilines is 1. The van der Waals surface area contributed by atoms with Crippen LogP contribution in [0.3, 0.4) is 0 Å². The molecule has 1 heterocycles. The largest absolute Gasteiger partial charge is 0.467 e. The number of rotatable bonds is 6. The predicted octanol–water partition coefficient (Wildman–Crippen LogP) is 1.28. The fraction of sp³-hybridized carbons (Fsp3) is 0.250. The first-order valence-electron chi connectivity index (χ1n) is 7.05. The number of hydrogen-bond acceptors (Lipinski definition) is 6. The van der Waals surface area contributed by atoms with Gasteiger partial charge in [0.15, 0.2) is 5.82 Å². The van der Waals surface area contributed by atoms with Crippen molar-refractivity contribution in [3.63, 3.8) is 0 Å². The number of amides is 1. The number of aromatic nitrogens is 3. The maximum atomic E-state index is 11.9. The van der Waals surface area contributed by atoms with Crippen LogP contribution >= 0.6 is 0 Å². The van der Waals surface area contributed by atoms with Crippen molar-refractivity contribution in [1.29, 1.82) is 0 Å². The first-order chi connectivity index (χ1) is 11.1. The summed E-state index contributed by atoms with van der Waals surface area (Å²) in [6.07, 6.45) is 3.22. The van der Waals surface area contributed by atoms with Gasteiger partial charge < -0.3 is 15.0 Å². The number of ether oxygens (including phenoxy) is 1. The average molecular weight is 313 g/mol. The van der Waals surface area contributed by atoms with Crippen LogP contribution in [0.15, 0.2) is 36.4 Å². The number of carbonyl (C=O) groups is 1. The van der Waals surface area contributed by atoms with Gasteiger partial charge in [-0.1, -0.05) is 30.3 Å². The van der Waals surface area contributed by atoms with Crippen molar-refractivity contribution < 1.29 is 9.53 Å². The van der Waals surface area contributed by atoms with E-state index in [4.69, 9.17) is 4.74 Å². The highest BCUT2D eigenvalue weighted by Crippen LogP contribution is 2.09. The topological polar surface area (TPSA) is 80.2 Å². The molecular weight excluding hydrogens is 294 g/mol. The maximum absolute atomic E-state index is 11.9. The Morgan fingerprint density at radius 2 is 1.96 bits per heavy atom. The zero-order chi connectivity index (χ0) is 16.7. The van der Waals surface area contributed by atoms with E-state index in [2.05, 4.69) is 20.3 Å². The van der Waals surface area contributed by atoms with Crippen LogP contribution in [0.2, 0.25) is 0 Å². The number of nitrogens with zero attached hydrogens (tertiary/aromatic N) is 4. The van der Waals surface area contributed by atoms with Gasteiger partial charge in [0.05, 0.1) is 13.7 Å². The Morgan fingerprint density at radius 1 is 1.22 bits per heavy atom. The molecular formula is C16H19N5O2. The van der Waals surface area contributed by atoms with Crippen molar-refractivity contribution in [3.8, 4) is 6.01 Å². The van der Waals surface area contributed by atoms with E-state index in [9.17, 15) is 4.79 Å². The highest BCUT2D eigenvalue weighted by Gasteiger charge is 2.08. The molecule has 1 amide bonds. The van der Waals surface area contributed by atoms with Crippen LogP contribution in [-0.4, -0.2) is 42.1 Å². The molecule has 0 saturated heterocycles. The maximum Gasteiger partial charge on any atom is 0.321 e. The van der Waals surface area contributed by atoms with Crippen LogP contribution in [-0.2, 0) is 11.3 Å². The second kappa shape index (κ2) is 7.88. The summed E-state index contributed by atoms with van der Waals surface area (Å²) in [5.41, 5.74) is 0.958. The lowest BCUT2D eigenvalue weighted by Gasteiger charge is -2.12. The van der Waals surface area contributed by atoms with Crippen LogP contribution in [0.1, 0.15) is 11.4 Å². The minimum Gasteiger partial charge on any atom is -0.467 e. The Morgan fingerprint density at radius 3 is 2.61 bits per heavy atom. The summed E-state index contributed by atoms with van der Waals surface area (Å²) in [4.78, 5) is 26.1. The fourth-order valence-corrected chi connectivity index (χ4v) is 1.72. The molecule has 0 radical (unpaired) electrons. The Hall–Kier alpha value is -2.96. The molecule has 0 aliphatic carbocycles. The average Bonchev–Trinajstić information content (AvgIpc) is 2.58. The van der Waals surface area contributed by atoms with Crippen LogP contribution < -0.4 is 15.0 Å². The van der Waals surface area contributed by atoms with E-state index in [0.29, 0.717) is 11.8 Å². The minimum absolute atomic E-state index is 0.192. The van der Waals surface area contributed by atoms with Crippen molar-refractivity contribution in [2.24, 2.45) is 0 Å². The van der Waals surface area contributed by atoms with Crippen LogP contribution in [0, 0.1) is 0 Å². The Bertz CT molecular complexity index is 686. The molecule has 0 aliphatic rings. The smallest absolute Gasteiger partial charge is 0.321 e. The molecule has 1 aromatic carbocycles. The van der Waals surface area contributed by atoms with E-state index in [1.807, 2.05) is 44.4 Å².